The molecule has 1 aromatic rings. The summed E-state index contributed by atoms with van der Waals surface area (Å²) < 4.78 is 43.4. The fourth-order valence-corrected chi connectivity index (χ4v) is 1.86. The molecule has 23 heavy (non-hydrogen) atoms. The molecule has 0 aromatic heterocycles. The Morgan fingerprint density at radius 2 is 1.74 bits per heavy atom. The number of alkyl halides is 3. The third-order valence-electron chi connectivity index (χ3n) is 2.67. The van der Waals surface area contributed by atoms with Crippen molar-refractivity contribution < 1.29 is 32.6 Å². The quantitative estimate of drug-likeness (QED) is 0.885. The molecule has 0 saturated heterocycles. The van der Waals surface area contributed by atoms with E-state index in [0.717, 1.165) is 6.07 Å². The maximum Gasteiger partial charge on any atom is 0.416 e. The van der Waals surface area contributed by atoms with Crippen LogP contribution in [0, 0.1) is 6.92 Å². The third kappa shape index (κ3) is 5.80. The van der Waals surface area contributed by atoms with Gasteiger partial charge in [0, 0.05) is 0 Å². The van der Waals surface area contributed by atoms with Gasteiger partial charge in [0.2, 0.25) is 0 Å². The van der Waals surface area contributed by atoms with Crippen molar-refractivity contribution in [1.82, 2.24) is 5.32 Å². The van der Waals surface area contributed by atoms with Crippen LogP contribution in [0.15, 0.2) is 18.2 Å². The molecule has 128 valence electrons. The van der Waals surface area contributed by atoms with Gasteiger partial charge >= 0.3 is 18.2 Å². The second kappa shape index (κ2) is 6.47. The molecule has 0 aliphatic heterocycles. The van der Waals surface area contributed by atoms with Crippen LogP contribution >= 0.6 is 0 Å². The molecule has 8 heteroatoms. The number of amides is 1. The number of hydrogen-bond acceptors (Lipinski definition) is 3. The van der Waals surface area contributed by atoms with Crippen molar-refractivity contribution in [3.63, 3.8) is 0 Å². The summed E-state index contributed by atoms with van der Waals surface area (Å²) >= 11 is 0. The topological polar surface area (TPSA) is 75.6 Å². The van der Waals surface area contributed by atoms with Crippen molar-refractivity contribution in [3.8, 4) is 0 Å². The predicted octanol–water partition coefficient (Wildman–Crippen LogP) is 3.66. The first-order valence-electron chi connectivity index (χ1n) is 6.71. The Balaban J connectivity index is 3.14. The predicted molar refractivity (Wildman–Crippen MR) is 75.9 cm³/mol. The number of carboxylic acids is 1. The van der Waals surface area contributed by atoms with E-state index < -0.39 is 35.4 Å². The SMILES string of the molecule is Cc1cc([C@H](NC(=O)OC(C)(C)C)C(=O)O)cc(C(F)(F)F)c1. The molecule has 2 N–H and O–H groups in total. The van der Waals surface area contributed by atoms with Crippen LogP contribution in [-0.4, -0.2) is 22.8 Å². The van der Waals surface area contributed by atoms with Crippen LogP contribution in [0.3, 0.4) is 0 Å². The van der Waals surface area contributed by atoms with Gasteiger partial charge in [0.15, 0.2) is 6.04 Å². The maximum absolute atomic E-state index is 12.8. The molecule has 0 fully saturated rings. The van der Waals surface area contributed by atoms with Crippen LogP contribution in [-0.2, 0) is 15.7 Å². The molecule has 5 nitrogen and oxygen atoms in total. The highest BCUT2D eigenvalue weighted by Crippen LogP contribution is 2.32. The van der Waals surface area contributed by atoms with Crippen molar-refractivity contribution in [1.29, 1.82) is 0 Å². The number of benzene rings is 1. The molecular formula is C15H18F3NO4. The lowest BCUT2D eigenvalue weighted by molar-refractivity contribution is -0.140. The molecule has 1 amide bonds. The van der Waals surface area contributed by atoms with Crippen molar-refractivity contribution >= 4 is 12.1 Å². The lowest BCUT2D eigenvalue weighted by atomic mass is 10.0. The zero-order valence-electron chi connectivity index (χ0n) is 13.1. The van der Waals surface area contributed by atoms with Gasteiger partial charge in [0.25, 0.3) is 0 Å². The standard InChI is InChI=1S/C15H18F3NO4/c1-8-5-9(7-10(6-8)15(16,17)18)11(12(20)21)19-13(22)23-14(2,3)4/h5-7,11H,1-4H3,(H,19,22)(H,20,21)/t11-/m0/s1. The molecule has 0 saturated carbocycles. The van der Waals surface area contributed by atoms with Gasteiger partial charge in [-0.25, -0.2) is 9.59 Å². The molecule has 1 atom stereocenters. The summed E-state index contributed by atoms with van der Waals surface area (Å²) in [6.07, 6.45) is -5.64. The zero-order valence-corrected chi connectivity index (χ0v) is 13.1. The van der Waals surface area contributed by atoms with E-state index in [-0.39, 0.29) is 11.1 Å². The van der Waals surface area contributed by atoms with Gasteiger partial charge in [0.05, 0.1) is 5.56 Å². The van der Waals surface area contributed by atoms with Crippen LogP contribution in [0.1, 0.15) is 43.5 Å². The number of carbonyl (C=O) groups excluding carboxylic acids is 1. The van der Waals surface area contributed by atoms with Gasteiger partial charge in [0.1, 0.15) is 5.60 Å². The number of aryl methyl sites for hydroxylation is 1. The van der Waals surface area contributed by atoms with E-state index in [9.17, 15) is 27.9 Å². The first-order valence-corrected chi connectivity index (χ1v) is 6.71. The second-order valence-corrected chi connectivity index (χ2v) is 6.05. The summed E-state index contributed by atoms with van der Waals surface area (Å²) in [5.41, 5.74) is -1.80. The van der Waals surface area contributed by atoms with Crippen LogP contribution in [0.2, 0.25) is 0 Å². The lowest BCUT2D eigenvalue weighted by Crippen LogP contribution is -2.38. The molecule has 1 aromatic carbocycles. The summed E-state index contributed by atoms with van der Waals surface area (Å²) in [6, 6.07) is 1.22. The number of nitrogens with one attached hydrogen (secondary N) is 1. The van der Waals surface area contributed by atoms with E-state index in [1.807, 2.05) is 0 Å². The summed E-state index contributed by atoms with van der Waals surface area (Å²) in [6.45, 7) is 6.15. The Hall–Kier alpha value is -2.25. The molecule has 0 radical (unpaired) electrons. The average Bonchev–Trinajstić information content (AvgIpc) is 2.31. The largest absolute Gasteiger partial charge is 0.479 e. The first-order chi connectivity index (χ1) is 10.3. The maximum atomic E-state index is 12.8. The first kappa shape index (κ1) is 18.8. The van der Waals surface area contributed by atoms with Gasteiger partial charge in [-0.15, -0.1) is 0 Å². The number of aliphatic carboxylic acids is 1. The highest BCUT2D eigenvalue weighted by atomic mass is 19.4. The Kier molecular flexibility index (Phi) is 5.29. The van der Waals surface area contributed by atoms with E-state index in [1.165, 1.54) is 13.0 Å². The van der Waals surface area contributed by atoms with Gasteiger partial charge in [-0.2, -0.15) is 13.2 Å². The number of hydrogen-bond donors (Lipinski definition) is 2. The summed E-state index contributed by atoms with van der Waals surface area (Å²) in [5.74, 6) is -1.49. The van der Waals surface area contributed by atoms with Crippen molar-refractivity contribution in [2.75, 3.05) is 0 Å². The minimum absolute atomic E-state index is 0.185. The molecule has 0 bridgehead atoms. The monoisotopic (exact) mass is 333 g/mol. The molecular weight excluding hydrogens is 315 g/mol. The third-order valence-corrected chi connectivity index (χ3v) is 2.67. The fourth-order valence-electron chi connectivity index (χ4n) is 1.86. The van der Waals surface area contributed by atoms with Crippen LogP contribution in [0.4, 0.5) is 18.0 Å². The normalized spacial score (nSPS) is 13.3. The summed E-state index contributed by atoms with van der Waals surface area (Å²) in [4.78, 5) is 23.0. The molecule has 0 spiro atoms. The Labute approximate surface area is 131 Å². The van der Waals surface area contributed by atoms with E-state index in [0.29, 0.717) is 6.07 Å². The number of carbonyl (C=O) groups is 2. The number of rotatable bonds is 3. The van der Waals surface area contributed by atoms with Gasteiger partial charge < -0.3 is 15.2 Å². The molecule has 0 heterocycles. The van der Waals surface area contributed by atoms with Crippen molar-refractivity contribution in [2.45, 2.75) is 45.5 Å². The van der Waals surface area contributed by atoms with E-state index in [1.54, 1.807) is 20.8 Å². The highest BCUT2D eigenvalue weighted by molar-refractivity contribution is 5.81. The molecule has 0 aliphatic carbocycles. The minimum atomic E-state index is -4.62. The molecule has 0 aliphatic rings. The zero-order chi connectivity index (χ0) is 18.0. The van der Waals surface area contributed by atoms with Crippen LogP contribution in [0.25, 0.3) is 0 Å². The average molecular weight is 333 g/mol. The fraction of sp³-hybridized carbons (Fsp3) is 0.467. The highest BCUT2D eigenvalue weighted by Gasteiger charge is 2.33. The van der Waals surface area contributed by atoms with Gasteiger partial charge in [-0.05, 0) is 45.4 Å². The van der Waals surface area contributed by atoms with Crippen LogP contribution < -0.4 is 5.32 Å². The number of halogens is 3. The smallest absolute Gasteiger partial charge is 0.416 e. The minimum Gasteiger partial charge on any atom is -0.479 e. The number of alkyl carbamates (subject to hydrolysis) is 1. The van der Waals surface area contributed by atoms with E-state index in [4.69, 9.17) is 4.74 Å². The Morgan fingerprint density at radius 3 is 2.17 bits per heavy atom. The van der Waals surface area contributed by atoms with Gasteiger partial charge in [-0.1, -0.05) is 11.6 Å². The number of ether oxygens (including phenoxy) is 1. The molecule has 0 unspecified atom stereocenters. The Morgan fingerprint density at radius 1 is 1.17 bits per heavy atom. The van der Waals surface area contributed by atoms with Gasteiger partial charge in [-0.3, -0.25) is 0 Å². The summed E-state index contributed by atoms with van der Waals surface area (Å²) in [5, 5.41) is 11.3. The lowest BCUT2D eigenvalue weighted by Gasteiger charge is -2.22. The van der Waals surface area contributed by atoms with Crippen molar-refractivity contribution in [2.24, 2.45) is 0 Å². The van der Waals surface area contributed by atoms with Crippen molar-refractivity contribution in [3.05, 3.63) is 34.9 Å². The Bertz CT molecular complexity index is 606. The molecule has 1 rings (SSSR count). The van der Waals surface area contributed by atoms with Crippen LogP contribution in [0.5, 0.6) is 0 Å². The van der Waals surface area contributed by atoms with E-state index in [2.05, 4.69) is 5.32 Å². The summed E-state index contributed by atoms with van der Waals surface area (Å²) in [7, 11) is 0. The second-order valence-electron chi connectivity index (χ2n) is 6.05. The van der Waals surface area contributed by atoms with E-state index >= 15 is 0 Å². The number of carboxylic acid groups (broad SMARTS) is 1.